The normalized spacial score (nSPS) is 12.3. The lowest BCUT2D eigenvalue weighted by molar-refractivity contribution is -0.137. The lowest BCUT2D eigenvalue weighted by Crippen LogP contribution is -2.31. The van der Waals surface area contributed by atoms with Crippen molar-refractivity contribution < 1.29 is 22.8 Å². The summed E-state index contributed by atoms with van der Waals surface area (Å²) < 4.78 is 40.8. The molecule has 0 saturated carbocycles. The van der Waals surface area contributed by atoms with Crippen LogP contribution >= 0.6 is 12.4 Å². The highest BCUT2D eigenvalue weighted by atomic mass is 35.5. The minimum Gasteiger partial charge on any atom is -0.368 e. The number of carbonyl (C=O) groups is 2. The van der Waals surface area contributed by atoms with Crippen molar-refractivity contribution in [3.8, 4) is 23.2 Å². The minimum atomic E-state index is -4.48. The van der Waals surface area contributed by atoms with Crippen LogP contribution in [0.25, 0.3) is 11.4 Å². The van der Waals surface area contributed by atoms with Crippen LogP contribution in [0.5, 0.6) is 0 Å². The number of nitrogens with zero attached hydrogens (tertiary/aromatic N) is 3. The van der Waals surface area contributed by atoms with E-state index in [1.165, 1.54) is 18.3 Å². The van der Waals surface area contributed by atoms with Gasteiger partial charge in [0.25, 0.3) is 5.91 Å². The average molecular weight is 581 g/mol. The number of hydrogen-bond donors (Lipinski definition) is 3. The Hall–Kier alpha value is -4.82. The van der Waals surface area contributed by atoms with E-state index in [4.69, 9.17) is 5.73 Å². The fourth-order valence-electron chi connectivity index (χ4n) is 4.50. The van der Waals surface area contributed by atoms with Crippen molar-refractivity contribution >= 4 is 35.9 Å². The van der Waals surface area contributed by atoms with Crippen molar-refractivity contribution in [2.75, 3.05) is 17.6 Å². The van der Waals surface area contributed by atoms with E-state index in [0.717, 1.165) is 17.8 Å². The largest absolute Gasteiger partial charge is 0.416 e. The number of nitrogen functional groups attached to an aromatic ring is 1. The number of nitrogens with one attached hydrogen (secondary N) is 2. The molecule has 0 bridgehead atoms. The smallest absolute Gasteiger partial charge is 0.368 e. The molecule has 2 aromatic carbocycles. The Labute approximate surface area is 239 Å². The Morgan fingerprint density at radius 3 is 2.68 bits per heavy atom. The molecule has 4 N–H and O–H groups in total. The van der Waals surface area contributed by atoms with E-state index < -0.39 is 17.6 Å². The van der Waals surface area contributed by atoms with Gasteiger partial charge >= 0.3 is 6.18 Å². The molecule has 2 amide bonds. The molecule has 0 aliphatic carbocycles. The van der Waals surface area contributed by atoms with Crippen molar-refractivity contribution in [3.05, 3.63) is 94.3 Å². The zero-order valence-electron chi connectivity index (χ0n) is 21.7. The molecule has 0 radical (unpaired) electrons. The van der Waals surface area contributed by atoms with E-state index in [-0.39, 0.29) is 36.2 Å². The summed E-state index contributed by atoms with van der Waals surface area (Å²) in [5.41, 5.74) is 9.45. The highest BCUT2D eigenvalue weighted by Gasteiger charge is 2.30. The number of anilines is 2. The molecule has 8 nitrogen and oxygen atoms in total. The molecule has 0 unspecified atom stereocenters. The molecule has 0 spiro atoms. The molecule has 0 atom stereocenters. The summed E-state index contributed by atoms with van der Waals surface area (Å²) in [5, 5.41) is 5.53. The van der Waals surface area contributed by atoms with Gasteiger partial charge in [-0.25, -0.2) is 9.97 Å². The maximum absolute atomic E-state index is 13.0. The second-order valence-corrected chi connectivity index (χ2v) is 9.20. The van der Waals surface area contributed by atoms with E-state index in [2.05, 4.69) is 32.4 Å². The van der Waals surface area contributed by atoms with Gasteiger partial charge in [0.2, 0.25) is 11.9 Å². The SMILES string of the molecule is Cl.Cn1c(-c2nc(N)ncc2C#Cc2cccc(NC(=O)Cc3cccc(C(F)(F)F)c3)c2)cc2c1CCNC2=O. The first-order valence-corrected chi connectivity index (χ1v) is 12.3. The second kappa shape index (κ2) is 11.7. The third-order valence-corrected chi connectivity index (χ3v) is 6.41. The lowest BCUT2D eigenvalue weighted by Gasteiger charge is -2.14. The minimum absolute atomic E-state index is 0. The number of halogens is 4. The molecule has 12 heteroatoms. The predicted octanol–water partition coefficient (Wildman–Crippen LogP) is 4.37. The molecule has 1 aliphatic heterocycles. The summed E-state index contributed by atoms with van der Waals surface area (Å²) in [6, 6.07) is 13.2. The number of amides is 2. The number of fused-ring (bicyclic) bond motifs is 1. The van der Waals surface area contributed by atoms with Crippen LogP contribution < -0.4 is 16.4 Å². The van der Waals surface area contributed by atoms with Gasteiger partial charge in [-0.15, -0.1) is 12.4 Å². The lowest BCUT2D eigenvalue weighted by atomic mass is 10.1. The standard InChI is InChI=1S/C29H23F3N6O2.ClH/c1-38-23-10-11-34-27(40)22(23)15-24(38)26-19(16-35-28(33)37-26)9-8-17-4-3-7-21(13-17)36-25(39)14-18-5-2-6-20(12-18)29(30,31)32;/h2-7,12-13,15-16H,10-11,14H2,1H3,(H,34,40)(H,36,39)(H2,33,35,37);1H. The van der Waals surface area contributed by atoms with Gasteiger partial charge in [0, 0.05) is 43.2 Å². The van der Waals surface area contributed by atoms with Gasteiger partial charge in [-0.05, 0) is 35.9 Å². The number of carbonyl (C=O) groups excluding carboxylic acids is 2. The first-order valence-electron chi connectivity index (χ1n) is 12.3. The van der Waals surface area contributed by atoms with E-state index in [0.29, 0.717) is 46.7 Å². The zero-order chi connectivity index (χ0) is 28.4. The molecule has 3 heterocycles. The molecule has 2 aromatic heterocycles. The van der Waals surface area contributed by atoms with Crippen molar-refractivity contribution in [3.63, 3.8) is 0 Å². The topological polar surface area (TPSA) is 115 Å². The fraction of sp³-hybridized carbons (Fsp3) is 0.172. The van der Waals surface area contributed by atoms with Gasteiger partial charge in [0.15, 0.2) is 0 Å². The van der Waals surface area contributed by atoms with E-state index in [1.807, 2.05) is 11.6 Å². The van der Waals surface area contributed by atoms with Crippen molar-refractivity contribution in [2.24, 2.45) is 7.05 Å². The van der Waals surface area contributed by atoms with Gasteiger partial charge in [-0.1, -0.05) is 36.1 Å². The summed E-state index contributed by atoms with van der Waals surface area (Å²) >= 11 is 0. The van der Waals surface area contributed by atoms with Crippen LogP contribution in [0, 0.1) is 11.8 Å². The molecular weight excluding hydrogens is 557 g/mol. The highest BCUT2D eigenvalue weighted by Crippen LogP contribution is 2.30. The first kappa shape index (κ1) is 29.2. The van der Waals surface area contributed by atoms with E-state index >= 15 is 0 Å². The van der Waals surface area contributed by atoms with Crippen molar-refractivity contribution in [2.45, 2.75) is 19.0 Å². The summed E-state index contributed by atoms with van der Waals surface area (Å²) in [5.74, 6) is 5.54. The summed E-state index contributed by atoms with van der Waals surface area (Å²) in [7, 11) is 1.85. The van der Waals surface area contributed by atoms with Crippen LogP contribution in [0.3, 0.4) is 0 Å². The maximum atomic E-state index is 13.0. The number of rotatable bonds is 4. The molecular formula is C29H24ClF3N6O2. The van der Waals surface area contributed by atoms with Gasteiger partial charge in [-0.2, -0.15) is 13.2 Å². The monoisotopic (exact) mass is 580 g/mol. The number of aromatic nitrogens is 3. The summed E-state index contributed by atoms with van der Waals surface area (Å²) in [6.07, 6.45) is -2.50. The Morgan fingerprint density at radius 1 is 1.15 bits per heavy atom. The van der Waals surface area contributed by atoms with Gasteiger partial charge in [-0.3, -0.25) is 9.59 Å². The van der Waals surface area contributed by atoms with Crippen molar-refractivity contribution in [1.82, 2.24) is 19.9 Å². The molecule has 1 aliphatic rings. The summed E-state index contributed by atoms with van der Waals surface area (Å²) in [6.45, 7) is 0.550. The van der Waals surface area contributed by atoms with Gasteiger partial charge in [0.05, 0.1) is 28.8 Å². The second-order valence-electron chi connectivity index (χ2n) is 9.20. The Morgan fingerprint density at radius 2 is 1.93 bits per heavy atom. The maximum Gasteiger partial charge on any atom is 0.416 e. The van der Waals surface area contributed by atoms with Crippen LogP contribution in [0.2, 0.25) is 0 Å². The van der Waals surface area contributed by atoms with Crippen LogP contribution in [0.15, 0.2) is 60.8 Å². The number of hydrogen-bond acceptors (Lipinski definition) is 5. The Bertz CT molecular complexity index is 1700. The Balaban J connectivity index is 0.00000387. The van der Waals surface area contributed by atoms with Gasteiger partial charge in [0.1, 0.15) is 5.69 Å². The third kappa shape index (κ3) is 6.50. The molecule has 210 valence electrons. The van der Waals surface area contributed by atoms with Crippen molar-refractivity contribution in [1.29, 1.82) is 0 Å². The van der Waals surface area contributed by atoms with Crippen LogP contribution in [0.4, 0.5) is 24.8 Å². The summed E-state index contributed by atoms with van der Waals surface area (Å²) in [4.78, 5) is 33.3. The van der Waals surface area contributed by atoms with Crippen LogP contribution in [0.1, 0.15) is 38.3 Å². The Kier molecular flexibility index (Phi) is 8.35. The zero-order valence-corrected chi connectivity index (χ0v) is 22.5. The number of alkyl halides is 3. The third-order valence-electron chi connectivity index (χ3n) is 6.41. The fourth-order valence-corrected chi connectivity index (χ4v) is 4.50. The highest BCUT2D eigenvalue weighted by molar-refractivity contribution is 5.98. The molecule has 0 saturated heterocycles. The van der Waals surface area contributed by atoms with E-state index in [9.17, 15) is 22.8 Å². The molecule has 4 aromatic rings. The number of benzene rings is 2. The van der Waals surface area contributed by atoms with Crippen LogP contribution in [-0.2, 0) is 30.9 Å². The quantitative estimate of drug-likeness (QED) is 0.310. The number of nitrogens with two attached hydrogens (primary N) is 1. The van der Waals surface area contributed by atoms with E-state index in [1.54, 1.807) is 30.3 Å². The average Bonchev–Trinajstić information content (AvgIpc) is 3.25. The van der Waals surface area contributed by atoms with Crippen LogP contribution in [-0.4, -0.2) is 32.9 Å². The van der Waals surface area contributed by atoms with Gasteiger partial charge < -0.3 is 20.9 Å². The molecule has 5 rings (SSSR count). The first-order chi connectivity index (χ1) is 19.1. The molecule has 0 fully saturated rings. The predicted molar refractivity (Wildman–Crippen MR) is 150 cm³/mol. The molecule has 41 heavy (non-hydrogen) atoms.